The van der Waals surface area contributed by atoms with Gasteiger partial charge in [0.1, 0.15) is 6.54 Å². The third-order valence-corrected chi connectivity index (χ3v) is 4.26. The Kier molecular flexibility index (Phi) is 5.17. The van der Waals surface area contributed by atoms with Gasteiger partial charge in [0.2, 0.25) is 10.0 Å². The van der Waals surface area contributed by atoms with E-state index in [0.717, 1.165) is 19.2 Å². The van der Waals surface area contributed by atoms with Crippen molar-refractivity contribution in [2.75, 3.05) is 20.2 Å². The maximum absolute atomic E-state index is 12.2. The van der Waals surface area contributed by atoms with Crippen LogP contribution >= 0.6 is 0 Å². The van der Waals surface area contributed by atoms with Gasteiger partial charge in [-0.25, -0.2) is 8.42 Å². The number of carbonyl (C=O) groups excluding carboxylic acids is 1. The molecular weight excluding hydrogens is 288 g/mol. The monoisotopic (exact) mass is 302 g/mol. The normalized spacial score (nSPS) is 11.3. The maximum atomic E-state index is 12.2. The van der Waals surface area contributed by atoms with Crippen molar-refractivity contribution < 1.29 is 22.9 Å². The number of benzene rings is 1. The zero-order valence-corrected chi connectivity index (χ0v) is 11.8. The molecule has 0 amide bonds. The second-order valence-corrected chi connectivity index (χ2v) is 5.80. The number of hydrogen-bond donors (Lipinski definition) is 0. The zero-order valence-electron chi connectivity index (χ0n) is 11.0. The van der Waals surface area contributed by atoms with Gasteiger partial charge in [-0.1, -0.05) is 12.1 Å². The molecule has 0 aliphatic rings. The van der Waals surface area contributed by atoms with Crippen molar-refractivity contribution in [3.8, 4) is 0 Å². The molecule has 0 spiro atoms. The Morgan fingerprint density at radius 3 is 2.55 bits per heavy atom. The van der Waals surface area contributed by atoms with Crippen molar-refractivity contribution in [2.45, 2.75) is 11.8 Å². The molecule has 20 heavy (non-hydrogen) atoms. The van der Waals surface area contributed by atoms with Gasteiger partial charge in [0.15, 0.2) is 4.90 Å². The van der Waals surface area contributed by atoms with Crippen molar-refractivity contribution in [3.63, 3.8) is 0 Å². The number of sulfonamides is 1. The van der Waals surface area contributed by atoms with Gasteiger partial charge in [-0.3, -0.25) is 14.9 Å². The second kappa shape index (κ2) is 6.44. The summed E-state index contributed by atoms with van der Waals surface area (Å²) in [4.78, 5) is 20.9. The van der Waals surface area contributed by atoms with Crippen LogP contribution in [0.15, 0.2) is 29.2 Å². The smallest absolute Gasteiger partial charge is 0.321 e. The molecule has 110 valence electrons. The summed E-state index contributed by atoms with van der Waals surface area (Å²) >= 11 is 0. The van der Waals surface area contributed by atoms with Crippen LogP contribution in [0.3, 0.4) is 0 Å². The Hall–Kier alpha value is -2.00. The number of carbonyl (C=O) groups is 1. The Balaban J connectivity index is 3.11. The highest BCUT2D eigenvalue weighted by atomic mass is 32.2. The average Bonchev–Trinajstić information content (AvgIpc) is 2.38. The molecule has 0 fully saturated rings. The summed E-state index contributed by atoms with van der Waals surface area (Å²) in [7, 11) is -2.98. The number of esters is 1. The molecule has 0 radical (unpaired) electrons. The molecule has 1 rings (SSSR count). The van der Waals surface area contributed by atoms with Crippen LogP contribution in [0, 0.1) is 10.1 Å². The number of likely N-dealkylation sites (N-methyl/N-ethyl adjacent to an activating group) is 1. The van der Waals surface area contributed by atoms with E-state index >= 15 is 0 Å². The van der Waals surface area contributed by atoms with Crippen molar-refractivity contribution in [2.24, 2.45) is 0 Å². The molecular formula is C11H14N2O6S. The fraction of sp³-hybridized carbons (Fsp3) is 0.364. The average molecular weight is 302 g/mol. The molecule has 0 saturated carbocycles. The van der Waals surface area contributed by atoms with Crippen molar-refractivity contribution in [1.82, 2.24) is 4.31 Å². The molecule has 0 heterocycles. The van der Waals surface area contributed by atoms with Gasteiger partial charge in [-0.05, 0) is 13.0 Å². The molecule has 0 bridgehead atoms. The molecule has 1 aromatic carbocycles. The number of nitro benzene ring substituents is 1. The molecule has 0 aromatic heterocycles. The van der Waals surface area contributed by atoms with Gasteiger partial charge in [0, 0.05) is 13.1 Å². The Morgan fingerprint density at radius 2 is 2.00 bits per heavy atom. The third-order valence-electron chi connectivity index (χ3n) is 2.41. The first-order valence-electron chi connectivity index (χ1n) is 5.66. The van der Waals surface area contributed by atoms with E-state index in [2.05, 4.69) is 4.74 Å². The lowest BCUT2D eigenvalue weighted by Gasteiger charge is -2.16. The first-order valence-corrected chi connectivity index (χ1v) is 7.10. The van der Waals surface area contributed by atoms with Gasteiger partial charge in [-0.15, -0.1) is 0 Å². The van der Waals surface area contributed by atoms with E-state index < -0.39 is 38.0 Å². The first kappa shape index (κ1) is 16.1. The number of nitro groups is 1. The number of nitrogens with zero attached hydrogens (tertiary/aromatic N) is 2. The van der Waals surface area contributed by atoms with Crippen molar-refractivity contribution >= 4 is 21.7 Å². The van der Waals surface area contributed by atoms with Crippen LogP contribution in [-0.2, 0) is 19.6 Å². The van der Waals surface area contributed by atoms with E-state index in [-0.39, 0.29) is 6.61 Å². The number of para-hydroxylation sites is 1. The predicted molar refractivity (Wildman–Crippen MR) is 69.5 cm³/mol. The van der Waals surface area contributed by atoms with Gasteiger partial charge in [-0.2, -0.15) is 4.31 Å². The topological polar surface area (TPSA) is 107 Å². The molecule has 0 saturated heterocycles. The Labute approximate surface area is 116 Å². The Morgan fingerprint density at radius 1 is 1.40 bits per heavy atom. The molecule has 9 heteroatoms. The van der Waals surface area contributed by atoms with Crippen LogP contribution < -0.4 is 0 Å². The van der Waals surface area contributed by atoms with Crippen LogP contribution in [0.5, 0.6) is 0 Å². The maximum Gasteiger partial charge on any atom is 0.321 e. The molecule has 1 aromatic rings. The van der Waals surface area contributed by atoms with Crippen LogP contribution in [-0.4, -0.2) is 43.8 Å². The van der Waals surface area contributed by atoms with E-state index in [1.807, 2.05) is 0 Å². The van der Waals surface area contributed by atoms with Gasteiger partial charge >= 0.3 is 5.97 Å². The van der Waals surface area contributed by atoms with E-state index in [1.165, 1.54) is 12.1 Å². The van der Waals surface area contributed by atoms with Crippen molar-refractivity contribution in [3.05, 3.63) is 34.4 Å². The lowest BCUT2D eigenvalue weighted by molar-refractivity contribution is -0.387. The molecule has 0 N–H and O–H groups in total. The first-order chi connectivity index (χ1) is 9.30. The highest BCUT2D eigenvalue weighted by Gasteiger charge is 2.30. The minimum Gasteiger partial charge on any atom is -0.465 e. The fourth-order valence-electron chi connectivity index (χ4n) is 1.47. The van der Waals surface area contributed by atoms with E-state index in [0.29, 0.717) is 4.31 Å². The van der Waals surface area contributed by atoms with E-state index in [1.54, 1.807) is 6.92 Å². The van der Waals surface area contributed by atoms with E-state index in [9.17, 15) is 23.3 Å². The lowest BCUT2D eigenvalue weighted by Crippen LogP contribution is -2.33. The molecule has 0 unspecified atom stereocenters. The summed E-state index contributed by atoms with van der Waals surface area (Å²) in [6.45, 7) is 1.20. The Bertz CT molecular complexity index is 613. The SMILES string of the molecule is CCOC(=O)CN(C)S(=O)(=O)c1ccccc1[N+](=O)[O-]. The van der Waals surface area contributed by atoms with Crippen LogP contribution in [0.25, 0.3) is 0 Å². The van der Waals surface area contributed by atoms with Gasteiger partial charge < -0.3 is 4.74 Å². The fourth-order valence-corrected chi connectivity index (χ4v) is 2.74. The molecule has 8 nitrogen and oxygen atoms in total. The van der Waals surface area contributed by atoms with Crippen LogP contribution in [0.1, 0.15) is 6.92 Å². The summed E-state index contributed by atoms with van der Waals surface area (Å²) in [6, 6.07) is 4.95. The summed E-state index contributed by atoms with van der Waals surface area (Å²) in [5.74, 6) is -0.725. The minimum absolute atomic E-state index is 0.123. The second-order valence-electron chi connectivity index (χ2n) is 3.79. The third kappa shape index (κ3) is 3.52. The summed E-state index contributed by atoms with van der Waals surface area (Å²) in [6.07, 6.45) is 0. The predicted octanol–water partition coefficient (Wildman–Crippen LogP) is 0.778. The van der Waals surface area contributed by atoms with Gasteiger partial charge in [0.25, 0.3) is 5.69 Å². The number of rotatable bonds is 6. The number of ether oxygens (including phenoxy) is 1. The van der Waals surface area contributed by atoms with Crippen molar-refractivity contribution in [1.29, 1.82) is 0 Å². The summed E-state index contributed by atoms with van der Waals surface area (Å²) in [5.41, 5.74) is -0.539. The lowest BCUT2D eigenvalue weighted by atomic mass is 10.3. The summed E-state index contributed by atoms with van der Waals surface area (Å²) in [5, 5.41) is 10.8. The largest absolute Gasteiger partial charge is 0.465 e. The standard InChI is InChI=1S/C11H14N2O6S/c1-3-19-11(14)8-12(2)20(17,18)10-7-5-4-6-9(10)13(15)16/h4-7H,3,8H2,1-2H3. The molecule has 0 aliphatic carbocycles. The van der Waals surface area contributed by atoms with Crippen LogP contribution in [0.4, 0.5) is 5.69 Å². The molecule has 0 atom stereocenters. The van der Waals surface area contributed by atoms with Gasteiger partial charge in [0.05, 0.1) is 11.5 Å². The molecule has 0 aliphatic heterocycles. The minimum atomic E-state index is -4.14. The summed E-state index contributed by atoms with van der Waals surface area (Å²) < 4.78 is 29.8. The highest BCUT2D eigenvalue weighted by molar-refractivity contribution is 7.89. The highest BCUT2D eigenvalue weighted by Crippen LogP contribution is 2.25. The van der Waals surface area contributed by atoms with Crippen LogP contribution in [0.2, 0.25) is 0 Å². The van der Waals surface area contributed by atoms with E-state index in [4.69, 9.17) is 0 Å². The quantitative estimate of drug-likeness (QED) is 0.436. The number of hydrogen-bond acceptors (Lipinski definition) is 6. The zero-order chi connectivity index (χ0) is 15.3.